The second-order valence-corrected chi connectivity index (χ2v) is 6.51. The van der Waals surface area contributed by atoms with Crippen molar-refractivity contribution in [3.63, 3.8) is 0 Å². The zero-order valence-corrected chi connectivity index (χ0v) is 14.2. The van der Waals surface area contributed by atoms with E-state index >= 15 is 0 Å². The number of methoxy groups -OCH3 is 1. The largest absolute Gasteiger partial charge is 0.377 e. The summed E-state index contributed by atoms with van der Waals surface area (Å²) in [5.74, 6) is 1.93. The van der Waals surface area contributed by atoms with Gasteiger partial charge in [0, 0.05) is 49.1 Å². The Balaban J connectivity index is 1.54. The Labute approximate surface area is 146 Å². The Morgan fingerprint density at radius 1 is 1.32 bits per heavy atom. The van der Waals surface area contributed by atoms with Gasteiger partial charge in [-0.05, 0) is 25.0 Å². The van der Waals surface area contributed by atoms with Crippen LogP contribution in [-0.4, -0.2) is 32.7 Å². The summed E-state index contributed by atoms with van der Waals surface area (Å²) < 4.78 is 7.08. The smallest absolute Gasteiger partial charge is 0.156 e. The van der Waals surface area contributed by atoms with E-state index in [0.29, 0.717) is 30.9 Å². The molecule has 0 bridgehead atoms. The molecular weight excluding hydrogens is 316 g/mol. The summed E-state index contributed by atoms with van der Waals surface area (Å²) in [7, 11) is 1.65. The van der Waals surface area contributed by atoms with Gasteiger partial charge in [-0.2, -0.15) is 5.10 Å². The van der Waals surface area contributed by atoms with Gasteiger partial charge in [-0.25, -0.2) is 14.5 Å². The zero-order valence-electron chi connectivity index (χ0n) is 14.2. The van der Waals surface area contributed by atoms with Gasteiger partial charge in [-0.15, -0.1) is 0 Å². The summed E-state index contributed by atoms with van der Waals surface area (Å²) in [6.45, 7) is 1.05. The molecule has 130 valence electrons. The van der Waals surface area contributed by atoms with Crippen LogP contribution in [0.15, 0.2) is 36.7 Å². The van der Waals surface area contributed by atoms with Crippen LogP contribution in [0.25, 0.3) is 5.52 Å². The quantitative estimate of drug-likeness (QED) is 0.715. The first-order chi connectivity index (χ1) is 12.2. The summed E-state index contributed by atoms with van der Waals surface area (Å²) in [5, 5.41) is 7.77. The first kappa shape index (κ1) is 16.0. The number of pyridine rings is 1. The number of fused-ring (bicyclic) bond motifs is 1. The number of aromatic nitrogens is 4. The number of hydrogen-bond donors (Lipinski definition) is 2. The van der Waals surface area contributed by atoms with E-state index in [0.717, 1.165) is 35.4 Å². The van der Waals surface area contributed by atoms with Crippen LogP contribution < -0.4 is 11.1 Å². The lowest BCUT2D eigenvalue weighted by Crippen LogP contribution is -2.35. The van der Waals surface area contributed by atoms with Gasteiger partial charge in [0.1, 0.15) is 12.4 Å². The highest BCUT2D eigenvalue weighted by atomic mass is 16.5. The van der Waals surface area contributed by atoms with Crippen LogP contribution in [-0.2, 0) is 17.9 Å². The number of rotatable bonds is 6. The molecule has 0 saturated heterocycles. The minimum absolute atomic E-state index is 0.293. The maximum absolute atomic E-state index is 5.92. The predicted octanol–water partition coefficient (Wildman–Crippen LogP) is 2.09. The van der Waals surface area contributed by atoms with Crippen LogP contribution >= 0.6 is 0 Å². The third-order valence-corrected chi connectivity index (χ3v) is 4.62. The van der Waals surface area contributed by atoms with Gasteiger partial charge in [-0.1, -0.05) is 6.07 Å². The molecule has 0 aliphatic heterocycles. The molecule has 7 nitrogen and oxygen atoms in total. The summed E-state index contributed by atoms with van der Waals surface area (Å²) in [6, 6.07) is 8.36. The lowest BCUT2D eigenvalue weighted by Gasteiger charge is -2.32. The molecule has 1 saturated carbocycles. The molecule has 0 unspecified atom stereocenters. The van der Waals surface area contributed by atoms with Crippen molar-refractivity contribution < 1.29 is 4.74 Å². The van der Waals surface area contributed by atoms with Crippen molar-refractivity contribution in [2.75, 3.05) is 12.4 Å². The number of nitrogens with zero attached hydrogens (tertiary/aromatic N) is 4. The van der Waals surface area contributed by atoms with Crippen molar-refractivity contribution in [2.24, 2.45) is 5.73 Å². The summed E-state index contributed by atoms with van der Waals surface area (Å²) in [6.07, 6.45) is 5.79. The molecule has 0 atom stereocenters. The van der Waals surface area contributed by atoms with Crippen molar-refractivity contribution in [2.45, 2.75) is 38.0 Å². The van der Waals surface area contributed by atoms with E-state index in [4.69, 9.17) is 10.5 Å². The molecule has 3 heterocycles. The lowest BCUT2D eigenvalue weighted by molar-refractivity contribution is 0.177. The third kappa shape index (κ3) is 3.33. The van der Waals surface area contributed by atoms with E-state index in [1.807, 2.05) is 35.1 Å². The third-order valence-electron chi connectivity index (χ3n) is 4.62. The fourth-order valence-electron chi connectivity index (χ4n) is 3.22. The van der Waals surface area contributed by atoms with Gasteiger partial charge in [-0.3, -0.25) is 0 Å². The lowest BCUT2D eigenvalue weighted by atomic mass is 9.78. The number of nitrogens with one attached hydrogen (secondary N) is 1. The van der Waals surface area contributed by atoms with Crippen molar-refractivity contribution >= 4 is 11.3 Å². The van der Waals surface area contributed by atoms with E-state index in [1.165, 1.54) is 0 Å². The number of anilines is 1. The monoisotopic (exact) mass is 338 g/mol. The molecule has 0 radical (unpaired) electrons. The van der Waals surface area contributed by atoms with Crippen LogP contribution in [0.1, 0.15) is 35.8 Å². The summed E-state index contributed by atoms with van der Waals surface area (Å²) in [5.41, 5.74) is 9.18. The minimum Gasteiger partial charge on any atom is -0.377 e. The van der Waals surface area contributed by atoms with Crippen LogP contribution in [0.4, 0.5) is 5.82 Å². The molecular formula is C18H22N6O. The first-order valence-corrected chi connectivity index (χ1v) is 8.50. The van der Waals surface area contributed by atoms with E-state index in [1.54, 1.807) is 7.11 Å². The standard InChI is InChI=1S/C18H22N6O/c1-25-11-18-22-15(12-6-14(19)7-12)8-17(23-18)20-9-13-10-21-24-5-3-2-4-16(13)24/h2-5,8,10,12,14H,6-7,9,11,19H2,1H3,(H,20,22,23). The molecule has 3 aromatic heterocycles. The summed E-state index contributed by atoms with van der Waals surface area (Å²) >= 11 is 0. The fraction of sp³-hybridized carbons (Fsp3) is 0.389. The normalized spacial score (nSPS) is 19.8. The van der Waals surface area contributed by atoms with E-state index in [2.05, 4.69) is 26.4 Å². The molecule has 0 spiro atoms. The summed E-state index contributed by atoms with van der Waals surface area (Å²) in [4.78, 5) is 9.18. The maximum atomic E-state index is 5.92. The van der Waals surface area contributed by atoms with Gasteiger partial charge in [0.05, 0.1) is 11.7 Å². The SMILES string of the molecule is COCc1nc(NCc2cnn3ccccc23)cc(C2CC(N)C2)n1. The van der Waals surface area contributed by atoms with Crippen LogP contribution in [0, 0.1) is 0 Å². The molecule has 1 fully saturated rings. The maximum Gasteiger partial charge on any atom is 0.156 e. The first-order valence-electron chi connectivity index (χ1n) is 8.50. The second-order valence-electron chi connectivity index (χ2n) is 6.51. The highest BCUT2D eigenvalue weighted by molar-refractivity contribution is 5.54. The molecule has 1 aliphatic carbocycles. The van der Waals surface area contributed by atoms with E-state index in [9.17, 15) is 0 Å². The minimum atomic E-state index is 0.293. The Morgan fingerprint density at radius 2 is 2.20 bits per heavy atom. The van der Waals surface area contributed by atoms with Gasteiger partial charge in [0.2, 0.25) is 0 Å². The molecule has 25 heavy (non-hydrogen) atoms. The predicted molar refractivity (Wildman–Crippen MR) is 95.2 cm³/mol. The second kappa shape index (κ2) is 6.78. The fourth-order valence-corrected chi connectivity index (χ4v) is 3.22. The van der Waals surface area contributed by atoms with Crippen LogP contribution in [0.3, 0.4) is 0 Å². The number of hydrogen-bond acceptors (Lipinski definition) is 6. The van der Waals surface area contributed by atoms with Gasteiger partial charge in [0.15, 0.2) is 5.82 Å². The van der Waals surface area contributed by atoms with Crippen LogP contribution in [0.2, 0.25) is 0 Å². The Morgan fingerprint density at radius 3 is 3.00 bits per heavy atom. The van der Waals surface area contributed by atoms with Crippen molar-refractivity contribution in [1.82, 2.24) is 19.6 Å². The van der Waals surface area contributed by atoms with Crippen LogP contribution in [0.5, 0.6) is 0 Å². The zero-order chi connectivity index (χ0) is 17.2. The van der Waals surface area contributed by atoms with E-state index < -0.39 is 0 Å². The molecule has 1 aliphatic rings. The van der Waals surface area contributed by atoms with Gasteiger partial charge < -0.3 is 15.8 Å². The molecule has 7 heteroatoms. The molecule has 0 amide bonds. The highest BCUT2D eigenvalue weighted by Crippen LogP contribution is 2.35. The average molecular weight is 338 g/mol. The van der Waals surface area contributed by atoms with Crippen molar-refractivity contribution in [1.29, 1.82) is 0 Å². The molecule has 4 rings (SSSR count). The highest BCUT2D eigenvalue weighted by Gasteiger charge is 2.29. The van der Waals surface area contributed by atoms with Crippen molar-refractivity contribution in [3.05, 3.63) is 53.7 Å². The Bertz CT molecular complexity index is 871. The number of nitrogens with two attached hydrogens (primary N) is 1. The molecule has 3 aromatic rings. The van der Waals surface area contributed by atoms with Crippen molar-refractivity contribution in [3.8, 4) is 0 Å². The van der Waals surface area contributed by atoms with E-state index in [-0.39, 0.29) is 0 Å². The number of ether oxygens (including phenoxy) is 1. The van der Waals surface area contributed by atoms with Gasteiger partial charge >= 0.3 is 0 Å². The molecule has 0 aromatic carbocycles. The molecule has 3 N–H and O–H groups in total. The van der Waals surface area contributed by atoms with Gasteiger partial charge in [0.25, 0.3) is 0 Å². The Kier molecular flexibility index (Phi) is 4.33. The Hall–Kier alpha value is -2.51. The topological polar surface area (TPSA) is 90.4 Å². The average Bonchev–Trinajstić information content (AvgIpc) is 3.00.